The molecule has 5 nitrogen and oxygen atoms in total. The minimum atomic E-state index is -0.626. The van der Waals surface area contributed by atoms with Crippen LogP contribution in [-0.4, -0.2) is 47.0 Å². The number of hydrogen-bond acceptors (Lipinski definition) is 3. The minimum absolute atomic E-state index is 0.000241. The van der Waals surface area contributed by atoms with Crippen LogP contribution in [0.4, 0.5) is 9.18 Å². The third-order valence-electron chi connectivity index (χ3n) is 4.26. The Balaban J connectivity index is 1.89. The number of hydrogen-bond donors (Lipinski definition) is 0. The number of halogens is 2. The summed E-state index contributed by atoms with van der Waals surface area (Å²) >= 11 is 3.20. The van der Waals surface area contributed by atoms with Crippen LogP contribution in [0.3, 0.4) is 0 Å². The van der Waals surface area contributed by atoms with E-state index in [4.69, 9.17) is 4.74 Å². The highest BCUT2D eigenvalue weighted by atomic mass is 79.9. The van der Waals surface area contributed by atoms with Crippen molar-refractivity contribution < 1.29 is 18.7 Å². The molecule has 1 saturated heterocycles. The van der Waals surface area contributed by atoms with E-state index in [-0.39, 0.29) is 24.3 Å². The van der Waals surface area contributed by atoms with Crippen molar-refractivity contribution in [1.82, 2.24) is 9.80 Å². The standard InChI is InChI=1S/C17H20BrFN2O3/c1-17(2,3)24-16(23)20-8-13-10-4-5-12(18)15(19)11(10)6-7-21(13)14(22)9-20/h4-5,13H,6-9H2,1-3H3/t13-/m1/s1. The first-order valence-electron chi connectivity index (χ1n) is 7.91. The zero-order valence-corrected chi connectivity index (χ0v) is 15.5. The van der Waals surface area contributed by atoms with Crippen molar-refractivity contribution in [3.8, 4) is 0 Å². The predicted molar refractivity (Wildman–Crippen MR) is 90.1 cm³/mol. The average molecular weight is 399 g/mol. The van der Waals surface area contributed by atoms with E-state index in [9.17, 15) is 14.0 Å². The fraction of sp³-hybridized carbons (Fsp3) is 0.529. The molecule has 1 fully saturated rings. The van der Waals surface area contributed by atoms with E-state index >= 15 is 0 Å². The summed E-state index contributed by atoms with van der Waals surface area (Å²) in [7, 11) is 0. The van der Waals surface area contributed by atoms with Crippen molar-refractivity contribution in [2.45, 2.75) is 38.8 Å². The summed E-state index contributed by atoms with van der Waals surface area (Å²) in [4.78, 5) is 27.9. The first-order valence-corrected chi connectivity index (χ1v) is 8.71. The summed E-state index contributed by atoms with van der Waals surface area (Å²) < 4.78 is 20.2. The van der Waals surface area contributed by atoms with Crippen molar-refractivity contribution in [2.75, 3.05) is 19.6 Å². The van der Waals surface area contributed by atoms with Gasteiger partial charge >= 0.3 is 6.09 Å². The Kier molecular flexibility index (Phi) is 4.32. The number of fused-ring (bicyclic) bond motifs is 3. The maximum absolute atomic E-state index is 14.4. The largest absolute Gasteiger partial charge is 0.444 e. The van der Waals surface area contributed by atoms with Crippen LogP contribution in [-0.2, 0) is 16.0 Å². The zero-order chi connectivity index (χ0) is 17.6. The highest BCUT2D eigenvalue weighted by Gasteiger charge is 2.40. The van der Waals surface area contributed by atoms with Gasteiger partial charge in [0.2, 0.25) is 5.91 Å². The van der Waals surface area contributed by atoms with E-state index in [0.29, 0.717) is 29.5 Å². The third kappa shape index (κ3) is 3.14. The van der Waals surface area contributed by atoms with Crippen LogP contribution in [0.5, 0.6) is 0 Å². The molecule has 2 heterocycles. The molecule has 0 aliphatic carbocycles. The predicted octanol–water partition coefficient (Wildman–Crippen LogP) is 3.26. The third-order valence-corrected chi connectivity index (χ3v) is 4.87. The number of rotatable bonds is 0. The second-order valence-corrected chi connectivity index (χ2v) is 8.00. The summed E-state index contributed by atoms with van der Waals surface area (Å²) in [5, 5.41) is 0. The van der Waals surface area contributed by atoms with E-state index < -0.39 is 11.7 Å². The van der Waals surface area contributed by atoms with Crippen LogP contribution < -0.4 is 0 Å². The molecule has 0 saturated carbocycles. The van der Waals surface area contributed by atoms with Gasteiger partial charge < -0.3 is 9.64 Å². The van der Waals surface area contributed by atoms with Crippen LogP contribution in [0.25, 0.3) is 0 Å². The van der Waals surface area contributed by atoms with Gasteiger partial charge in [0.25, 0.3) is 0 Å². The molecular formula is C17H20BrFN2O3. The average Bonchev–Trinajstić information content (AvgIpc) is 2.48. The van der Waals surface area contributed by atoms with Crippen LogP contribution in [0, 0.1) is 5.82 Å². The van der Waals surface area contributed by atoms with Crippen LogP contribution in [0.15, 0.2) is 16.6 Å². The molecule has 24 heavy (non-hydrogen) atoms. The van der Waals surface area contributed by atoms with E-state index in [2.05, 4.69) is 15.9 Å². The molecule has 130 valence electrons. The summed E-state index contributed by atoms with van der Waals surface area (Å²) in [6, 6.07) is 3.14. The summed E-state index contributed by atoms with van der Waals surface area (Å²) in [5.41, 5.74) is 0.756. The fourth-order valence-corrected chi connectivity index (χ4v) is 3.59. The van der Waals surface area contributed by atoms with Gasteiger partial charge in [-0.2, -0.15) is 0 Å². The lowest BCUT2D eigenvalue weighted by atomic mass is 9.90. The van der Waals surface area contributed by atoms with E-state index in [1.807, 2.05) is 6.07 Å². The smallest absolute Gasteiger partial charge is 0.410 e. The lowest BCUT2D eigenvalue weighted by Gasteiger charge is -2.44. The first-order chi connectivity index (χ1) is 11.2. The van der Waals surface area contributed by atoms with Crippen LogP contribution in [0.2, 0.25) is 0 Å². The van der Waals surface area contributed by atoms with Gasteiger partial charge in [-0.25, -0.2) is 9.18 Å². The molecule has 1 aromatic carbocycles. The molecule has 0 aromatic heterocycles. The van der Waals surface area contributed by atoms with Crippen molar-refractivity contribution in [1.29, 1.82) is 0 Å². The fourth-order valence-electron chi connectivity index (χ4n) is 3.22. The monoisotopic (exact) mass is 398 g/mol. The zero-order valence-electron chi connectivity index (χ0n) is 13.9. The molecule has 0 spiro atoms. The van der Waals surface area contributed by atoms with Gasteiger partial charge in [-0.05, 0) is 60.3 Å². The number of carbonyl (C=O) groups is 2. The van der Waals surface area contributed by atoms with Crippen molar-refractivity contribution in [2.24, 2.45) is 0 Å². The Morgan fingerprint density at radius 3 is 2.75 bits per heavy atom. The maximum Gasteiger partial charge on any atom is 0.410 e. The Morgan fingerprint density at radius 1 is 1.38 bits per heavy atom. The topological polar surface area (TPSA) is 49.9 Å². The number of carbonyl (C=O) groups excluding carboxylic acids is 2. The lowest BCUT2D eigenvalue weighted by molar-refractivity contribution is -0.140. The Morgan fingerprint density at radius 2 is 2.08 bits per heavy atom. The molecule has 2 aliphatic rings. The molecule has 0 unspecified atom stereocenters. The molecule has 0 N–H and O–H groups in total. The minimum Gasteiger partial charge on any atom is -0.444 e. The number of amides is 2. The summed E-state index contributed by atoms with van der Waals surface area (Å²) in [6.45, 7) is 6.13. The summed E-state index contributed by atoms with van der Waals surface area (Å²) in [6.07, 6.45) is -0.0323. The van der Waals surface area contributed by atoms with Gasteiger partial charge in [0, 0.05) is 13.1 Å². The number of piperazine rings is 1. The molecule has 1 atom stereocenters. The molecule has 2 amide bonds. The molecule has 0 bridgehead atoms. The van der Waals surface area contributed by atoms with Crippen molar-refractivity contribution >= 4 is 27.9 Å². The van der Waals surface area contributed by atoms with Crippen molar-refractivity contribution in [3.05, 3.63) is 33.5 Å². The molecular weight excluding hydrogens is 379 g/mol. The highest BCUT2D eigenvalue weighted by molar-refractivity contribution is 9.10. The molecule has 0 radical (unpaired) electrons. The second-order valence-electron chi connectivity index (χ2n) is 7.14. The Bertz CT molecular complexity index is 702. The van der Waals surface area contributed by atoms with Crippen LogP contribution >= 0.6 is 15.9 Å². The van der Waals surface area contributed by atoms with Crippen LogP contribution in [0.1, 0.15) is 37.9 Å². The van der Waals surface area contributed by atoms with E-state index in [1.165, 1.54) is 4.90 Å². The SMILES string of the molecule is CC(C)(C)OC(=O)N1CC(=O)N2CCc3c(ccc(Br)c3F)[C@H]2C1. The van der Waals surface area contributed by atoms with Gasteiger partial charge in [-0.15, -0.1) is 0 Å². The van der Waals surface area contributed by atoms with Gasteiger partial charge in [0.15, 0.2) is 0 Å². The molecule has 2 aliphatic heterocycles. The first kappa shape index (κ1) is 17.2. The normalized spacial score (nSPS) is 20.5. The van der Waals surface area contributed by atoms with E-state index in [0.717, 1.165) is 5.56 Å². The Hall–Kier alpha value is -1.63. The molecule has 1 aromatic rings. The summed E-state index contributed by atoms with van der Waals surface area (Å²) in [5.74, 6) is -0.417. The molecule has 3 rings (SSSR count). The van der Waals surface area contributed by atoms with Gasteiger partial charge in [0.05, 0.1) is 10.5 Å². The number of benzene rings is 1. The second kappa shape index (κ2) is 6.02. The lowest BCUT2D eigenvalue weighted by Crippen LogP contribution is -2.56. The van der Waals surface area contributed by atoms with Crippen molar-refractivity contribution in [3.63, 3.8) is 0 Å². The Labute approximate surface area is 148 Å². The molecule has 7 heteroatoms. The van der Waals surface area contributed by atoms with Gasteiger partial charge in [-0.1, -0.05) is 6.07 Å². The quantitative estimate of drug-likeness (QED) is 0.673. The van der Waals surface area contributed by atoms with E-state index in [1.54, 1.807) is 31.7 Å². The number of ether oxygens (including phenoxy) is 1. The van der Waals surface area contributed by atoms with Gasteiger partial charge in [-0.3, -0.25) is 9.69 Å². The van der Waals surface area contributed by atoms with Gasteiger partial charge in [0.1, 0.15) is 18.0 Å². The number of nitrogens with zero attached hydrogens (tertiary/aromatic N) is 2. The maximum atomic E-state index is 14.4. The highest BCUT2D eigenvalue weighted by Crippen LogP contribution is 2.36.